The van der Waals surface area contributed by atoms with Crippen molar-refractivity contribution in [2.75, 3.05) is 20.3 Å². The van der Waals surface area contributed by atoms with Crippen LogP contribution in [0.25, 0.3) is 6.08 Å². The lowest BCUT2D eigenvalue weighted by molar-refractivity contribution is -0.116. The summed E-state index contributed by atoms with van der Waals surface area (Å²) in [4.78, 5) is 16.4. The minimum absolute atomic E-state index is 0.133. The van der Waals surface area contributed by atoms with Crippen LogP contribution in [0, 0.1) is 6.92 Å². The number of aryl methyl sites for hydroxylation is 2. The minimum atomic E-state index is -0.133. The number of benzene rings is 1. The number of thiazole rings is 1. The number of rotatable bonds is 11. The van der Waals surface area contributed by atoms with E-state index in [0.717, 1.165) is 41.9 Å². The third-order valence-corrected chi connectivity index (χ3v) is 5.22. The molecule has 0 aliphatic heterocycles. The SMILES string of the molecule is CCCOc1c(Cl)cc(/C=C/C(=O)NCCCCc2nc(C)cs2)cc1OC. The first-order valence-corrected chi connectivity index (χ1v) is 10.7. The summed E-state index contributed by atoms with van der Waals surface area (Å²) in [5, 5.41) is 6.57. The van der Waals surface area contributed by atoms with E-state index >= 15 is 0 Å². The molecule has 0 radical (unpaired) electrons. The second kappa shape index (κ2) is 11.7. The number of hydrogen-bond donors (Lipinski definition) is 1. The molecule has 0 saturated heterocycles. The zero-order valence-electron chi connectivity index (χ0n) is 16.6. The first-order valence-electron chi connectivity index (χ1n) is 9.40. The Kier molecular flexibility index (Phi) is 9.31. The molecule has 1 heterocycles. The third kappa shape index (κ3) is 7.17. The number of ether oxygens (including phenoxy) is 2. The Morgan fingerprint density at radius 3 is 2.86 bits per heavy atom. The normalized spacial score (nSPS) is 11.0. The van der Waals surface area contributed by atoms with Gasteiger partial charge in [-0.3, -0.25) is 4.79 Å². The van der Waals surface area contributed by atoms with Crippen LogP contribution in [0.5, 0.6) is 11.5 Å². The molecule has 5 nitrogen and oxygen atoms in total. The van der Waals surface area contributed by atoms with E-state index in [0.29, 0.717) is 29.7 Å². The Morgan fingerprint density at radius 1 is 1.36 bits per heavy atom. The monoisotopic (exact) mass is 422 g/mol. The average Bonchev–Trinajstić information content (AvgIpc) is 3.10. The van der Waals surface area contributed by atoms with E-state index in [9.17, 15) is 4.79 Å². The predicted molar refractivity (Wildman–Crippen MR) is 116 cm³/mol. The van der Waals surface area contributed by atoms with Gasteiger partial charge >= 0.3 is 0 Å². The van der Waals surface area contributed by atoms with E-state index < -0.39 is 0 Å². The van der Waals surface area contributed by atoms with Crippen molar-refractivity contribution in [3.8, 4) is 11.5 Å². The fourth-order valence-corrected chi connectivity index (χ4v) is 3.63. The van der Waals surface area contributed by atoms with Crippen molar-refractivity contribution >= 4 is 34.9 Å². The van der Waals surface area contributed by atoms with Crippen LogP contribution in [-0.2, 0) is 11.2 Å². The van der Waals surface area contributed by atoms with Gasteiger partial charge in [-0.1, -0.05) is 18.5 Å². The summed E-state index contributed by atoms with van der Waals surface area (Å²) in [5.74, 6) is 0.952. The average molecular weight is 423 g/mol. The lowest BCUT2D eigenvalue weighted by Crippen LogP contribution is -2.22. The van der Waals surface area contributed by atoms with E-state index in [1.807, 2.05) is 13.8 Å². The molecule has 0 atom stereocenters. The number of nitrogens with one attached hydrogen (secondary N) is 1. The van der Waals surface area contributed by atoms with E-state index in [1.165, 1.54) is 6.08 Å². The molecule has 2 rings (SSSR count). The van der Waals surface area contributed by atoms with Gasteiger partial charge in [0.15, 0.2) is 11.5 Å². The molecule has 0 unspecified atom stereocenters. The van der Waals surface area contributed by atoms with Crippen LogP contribution < -0.4 is 14.8 Å². The summed E-state index contributed by atoms with van der Waals surface area (Å²) >= 11 is 7.98. The highest BCUT2D eigenvalue weighted by Gasteiger charge is 2.11. The molecule has 2 aromatic rings. The van der Waals surface area contributed by atoms with Crippen LogP contribution in [0.2, 0.25) is 5.02 Å². The largest absolute Gasteiger partial charge is 0.493 e. The van der Waals surface area contributed by atoms with Crippen molar-refractivity contribution in [2.45, 2.75) is 39.5 Å². The zero-order chi connectivity index (χ0) is 20.4. The zero-order valence-corrected chi connectivity index (χ0v) is 18.2. The molecule has 1 aromatic carbocycles. The Labute approximate surface area is 175 Å². The van der Waals surface area contributed by atoms with Crippen molar-refractivity contribution in [3.63, 3.8) is 0 Å². The Hall–Kier alpha value is -2.05. The highest BCUT2D eigenvalue weighted by molar-refractivity contribution is 7.09. The van der Waals surface area contributed by atoms with Crippen LogP contribution in [0.1, 0.15) is 42.5 Å². The molecule has 0 spiro atoms. The molecular weight excluding hydrogens is 396 g/mol. The van der Waals surface area contributed by atoms with E-state index in [4.69, 9.17) is 21.1 Å². The van der Waals surface area contributed by atoms with E-state index in [1.54, 1.807) is 36.7 Å². The van der Waals surface area contributed by atoms with Crippen molar-refractivity contribution in [2.24, 2.45) is 0 Å². The van der Waals surface area contributed by atoms with Crippen LogP contribution in [0.4, 0.5) is 0 Å². The number of methoxy groups -OCH3 is 1. The summed E-state index contributed by atoms with van der Waals surface area (Å²) in [7, 11) is 1.57. The Morgan fingerprint density at radius 2 is 2.18 bits per heavy atom. The molecule has 1 amide bonds. The number of halogens is 1. The molecule has 7 heteroatoms. The van der Waals surface area contributed by atoms with E-state index in [2.05, 4.69) is 15.7 Å². The lowest BCUT2D eigenvalue weighted by atomic mass is 10.2. The Balaban J connectivity index is 1.80. The Bertz CT molecular complexity index is 805. The topological polar surface area (TPSA) is 60.5 Å². The molecule has 0 aliphatic carbocycles. The number of hydrogen-bond acceptors (Lipinski definition) is 5. The highest BCUT2D eigenvalue weighted by Crippen LogP contribution is 2.36. The number of carbonyl (C=O) groups excluding carboxylic acids is 1. The number of amides is 1. The van der Waals surface area contributed by atoms with Gasteiger partial charge in [-0.15, -0.1) is 11.3 Å². The quantitative estimate of drug-likeness (QED) is 0.406. The minimum Gasteiger partial charge on any atom is -0.493 e. The predicted octanol–water partition coefficient (Wildman–Crippen LogP) is 5.05. The van der Waals surface area contributed by atoms with Crippen LogP contribution >= 0.6 is 22.9 Å². The molecule has 1 N–H and O–H groups in total. The summed E-state index contributed by atoms with van der Waals surface area (Å²) in [5.41, 5.74) is 1.85. The molecule has 28 heavy (non-hydrogen) atoms. The number of carbonyl (C=O) groups is 1. The molecule has 0 saturated carbocycles. The second-order valence-electron chi connectivity index (χ2n) is 6.35. The van der Waals surface area contributed by atoms with Crippen molar-refractivity contribution in [1.82, 2.24) is 10.3 Å². The fraction of sp³-hybridized carbons (Fsp3) is 0.429. The molecule has 152 valence electrons. The van der Waals surface area contributed by atoms with Gasteiger partial charge in [0.05, 0.1) is 23.7 Å². The van der Waals surface area contributed by atoms with Crippen molar-refractivity contribution < 1.29 is 14.3 Å². The third-order valence-electron chi connectivity index (χ3n) is 3.91. The summed E-state index contributed by atoms with van der Waals surface area (Å²) in [6, 6.07) is 3.56. The summed E-state index contributed by atoms with van der Waals surface area (Å²) < 4.78 is 11.0. The maximum atomic E-state index is 12.0. The number of unbranched alkanes of at least 4 members (excludes halogenated alkanes) is 1. The highest BCUT2D eigenvalue weighted by atomic mass is 35.5. The van der Waals surface area contributed by atoms with Gasteiger partial charge in [0.25, 0.3) is 0 Å². The lowest BCUT2D eigenvalue weighted by Gasteiger charge is -2.12. The summed E-state index contributed by atoms with van der Waals surface area (Å²) in [6.07, 6.45) is 6.97. The smallest absolute Gasteiger partial charge is 0.243 e. The van der Waals surface area contributed by atoms with Gasteiger partial charge in [-0.2, -0.15) is 0 Å². The van der Waals surface area contributed by atoms with Crippen LogP contribution in [0.3, 0.4) is 0 Å². The first kappa shape index (κ1) is 22.2. The van der Waals surface area contributed by atoms with Gasteiger partial charge in [-0.05, 0) is 56.4 Å². The van der Waals surface area contributed by atoms with Crippen molar-refractivity contribution in [1.29, 1.82) is 0 Å². The number of aromatic nitrogens is 1. The molecule has 0 bridgehead atoms. The van der Waals surface area contributed by atoms with Gasteiger partial charge in [0.2, 0.25) is 5.91 Å². The molecule has 0 fully saturated rings. The summed E-state index contributed by atoms with van der Waals surface area (Å²) in [6.45, 7) is 5.23. The fourth-order valence-electron chi connectivity index (χ4n) is 2.54. The molecule has 0 aliphatic rings. The second-order valence-corrected chi connectivity index (χ2v) is 7.70. The van der Waals surface area contributed by atoms with Crippen molar-refractivity contribution in [3.05, 3.63) is 44.9 Å². The van der Waals surface area contributed by atoms with Crippen LogP contribution in [-0.4, -0.2) is 31.2 Å². The maximum Gasteiger partial charge on any atom is 0.243 e. The molecule has 1 aromatic heterocycles. The van der Waals surface area contributed by atoms with E-state index in [-0.39, 0.29) is 5.91 Å². The maximum absolute atomic E-state index is 12.0. The van der Waals surface area contributed by atoms with Gasteiger partial charge in [-0.25, -0.2) is 4.98 Å². The van der Waals surface area contributed by atoms with Gasteiger partial charge < -0.3 is 14.8 Å². The van der Waals surface area contributed by atoms with Gasteiger partial charge in [0, 0.05) is 23.7 Å². The van der Waals surface area contributed by atoms with Gasteiger partial charge in [0.1, 0.15) is 0 Å². The molecular formula is C21H27ClN2O3S. The van der Waals surface area contributed by atoms with Crippen LogP contribution in [0.15, 0.2) is 23.6 Å². The standard InChI is InChI=1S/C21H27ClN2O3S/c1-4-11-27-21-17(22)12-16(13-18(21)26-3)8-9-19(25)23-10-6-5-7-20-24-15(2)14-28-20/h8-9,12-14H,4-7,10-11H2,1-3H3,(H,23,25)/b9-8+. The first-order chi connectivity index (χ1) is 13.5. The number of nitrogens with zero attached hydrogens (tertiary/aromatic N) is 1.